The van der Waals surface area contributed by atoms with Crippen molar-refractivity contribution in [3.8, 4) is 0 Å². The summed E-state index contributed by atoms with van der Waals surface area (Å²) >= 11 is 1.63. The van der Waals surface area contributed by atoms with Gasteiger partial charge in [0.15, 0.2) is 0 Å². The van der Waals surface area contributed by atoms with E-state index in [0.717, 1.165) is 16.0 Å². The predicted octanol–water partition coefficient (Wildman–Crippen LogP) is 1.53. The molecule has 0 bridgehead atoms. The van der Waals surface area contributed by atoms with E-state index < -0.39 is 0 Å². The van der Waals surface area contributed by atoms with Crippen LogP contribution in [0, 0.1) is 12.8 Å². The van der Waals surface area contributed by atoms with Crippen LogP contribution in [0.1, 0.15) is 24.1 Å². The molecule has 128 valence electrons. The largest absolute Gasteiger partial charge is 0.369 e. The number of likely N-dealkylation sites (tertiary alicyclic amines) is 1. The van der Waals surface area contributed by atoms with Crippen molar-refractivity contribution in [2.45, 2.75) is 26.2 Å². The highest BCUT2D eigenvalue weighted by molar-refractivity contribution is 7.18. The number of nitrogens with one attached hydrogen (secondary N) is 1. The van der Waals surface area contributed by atoms with Crippen LogP contribution in [0.4, 0.5) is 5.82 Å². The normalized spacial score (nSPS) is 15.6. The summed E-state index contributed by atoms with van der Waals surface area (Å²) in [5.41, 5.74) is 5.32. The third-order valence-electron chi connectivity index (χ3n) is 4.33. The SMILES string of the molecule is Cc1cc2c(NCCC(=O)N3CCC(C(N)=O)CC3)ncnc2s1. The van der Waals surface area contributed by atoms with Crippen LogP contribution < -0.4 is 11.1 Å². The lowest BCUT2D eigenvalue weighted by molar-refractivity contribution is -0.134. The Morgan fingerprint density at radius 2 is 2.12 bits per heavy atom. The van der Waals surface area contributed by atoms with Crippen LogP contribution in [-0.4, -0.2) is 46.3 Å². The maximum absolute atomic E-state index is 12.3. The smallest absolute Gasteiger partial charge is 0.224 e. The van der Waals surface area contributed by atoms with Crippen LogP contribution in [0.25, 0.3) is 10.2 Å². The van der Waals surface area contributed by atoms with Gasteiger partial charge in [0.05, 0.1) is 5.39 Å². The van der Waals surface area contributed by atoms with E-state index in [1.54, 1.807) is 11.3 Å². The van der Waals surface area contributed by atoms with Crippen LogP contribution in [0.3, 0.4) is 0 Å². The van der Waals surface area contributed by atoms with Crippen LogP contribution >= 0.6 is 11.3 Å². The molecule has 0 saturated carbocycles. The Hall–Kier alpha value is -2.22. The fourth-order valence-corrected chi connectivity index (χ4v) is 3.82. The van der Waals surface area contributed by atoms with Crippen molar-refractivity contribution >= 4 is 39.2 Å². The number of aromatic nitrogens is 2. The molecular weight excluding hydrogens is 326 g/mol. The van der Waals surface area contributed by atoms with Crippen molar-refractivity contribution in [2.75, 3.05) is 25.0 Å². The molecule has 1 aliphatic heterocycles. The van der Waals surface area contributed by atoms with Crippen molar-refractivity contribution in [1.82, 2.24) is 14.9 Å². The molecule has 3 N–H and O–H groups in total. The molecule has 7 nitrogen and oxygen atoms in total. The lowest BCUT2D eigenvalue weighted by atomic mass is 9.96. The predicted molar refractivity (Wildman–Crippen MR) is 93.8 cm³/mol. The first-order valence-electron chi connectivity index (χ1n) is 8.06. The third-order valence-corrected chi connectivity index (χ3v) is 5.29. The number of rotatable bonds is 5. The molecule has 3 rings (SSSR count). The second-order valence-corrected chi connectivity index (χ2v) is 7.27. The minimum atomic E-state index is -0.261. The molecule has 1 fully saturated rings. The van der Waals surface area contributed by atoms with E-state index in [1.165, 1.54) is 11.2 Å². The van der Waals surface area contributed by atoms with Gasteiger partial charge in [0.1, 0.15) is 17.0 Å². The van der Waals surface area contributed by atoms with Gasteiger partial charge in [0, 0.05) is 36.9 Å². The third kappa shape index (κ3) is 3.64. The second-order valence-electron chi connectivity index (χ2n) is 6.03. The average molecular weight is 347 g/mol. The summed E-state index contributed by atoms with van der Waals surface area (Å²) in [4.78, 5) is 35.9. The summed E-state index contributed by atoms with van der Waals surface area (Å²) in [6.45, 7) is 3.77. The standard InChI is InChI=1S/C16H21N5O2S/c1-10-8-12-15(19-9-20-16(12)24-10)18-5-2-13(22)21-6-3-11(4-7-21)14(17)23/h8-9,11H,2-7H2,1H3,(H2,17,23)(H,18,19,20). The molecule has 0 unspecified atom stereocenters. The minimum absolute atomic E-state index is 0.0942. The van der Waals surface area contributed by atoms with Crippen molar-refractivity contribution in [2.24, 2.45) is 11.7 Å². The molecule has 0 atom stereocenters. The van der Waals surface area contributed by atoms with E-state index in [9.17, 15) is 9.59 Å². The molecule has 8 heteroatoms. The average Bonchev–Trinajstić information content (AvgIpc) is 2.96. The first kappa shape index (κ1) is 16.6. The number of carbonyl (C=O) groups is 2. The van der Waals surface area contributed by atoms with Crippen LogP contribution in [0.2, 0.25) is 0 Å². The van der Waals surface area contributed by atoms with Gasteiger partial charge in [0.25, 0.3) is 0 Å². The van der Waals surface area contributed by atoms with E-state index in [0.29, 0.717) is 38.9 Å². The number of piperidine rings is 1. The molecule has 1 aliphatic rings. The van der Waals surface area contributed by atoms with Crippen LogP contribution in [-0.2, 0) is 9.59 Å². The Morgan fingerprint density at radius 3 is 2.83 bits per heavy atom. The zero-order valence-corrected chi connectivity index (χ0v) is 14.4. The Balaban J connectivity index is 1.51. The Kier molecular flexibility index (Phi) is 4.94. The molecule has 2 aromatic rings. The molecule has 24 heavy (non-hydrogen) atoms. The highest BCUT2D eigenvalue weighted by Gasteiger charge is 2.25. The molecule has 0 aromatic carbocycles. The molecule has 2 amide bonds. The molecule has 3 heterocycles. The summed E-state index contributed by atoms with van der Waals surface area (Å²) in [5.74, 6) is 0.507. The number of aryl methyl sites for hydroxylation is 1. The van der Waals surface area contributed by atoms with Crippen LogP contribution in [0.15, 0.2) is 12.4 Å². The van der Waals surface area contributed by atoms with Gasteiger partial charge in [-0.25, -0.2) is 9.97 Å². The molecule has 2 aromatic heterocycles. The van der Waals surface area contributed by atoms with Crippen molar-refractivity contribution in [1.29, 1.82) is 0 Å². The Labute approximate surface area is 144 Å². The van der Waals surface area contributed by atoms with Crippen molar-refractivity contribution < 1.29 is 9.59 Å². The summed E-state index contributed by atoms with van der Waals surface area (Å²) in [7, 11) is 0. The number of nitrogens with zero attached hydrogens (tertiary/aromatic N) is 3. The van der Waals surface area contributed by atoms with Gasteiger partial charge >= 0.3 is 0 Å². The number of thiophene rings is 1. The molecule has 0 aliphatic carbocycles. The highest BCUT2D eigenvalue weighted by atomic mass is 32.1. The maximum Gasteiger partial charge on any atom is 0.224 e. The number of carbonyl (C=O) groups excluding carboxylic acids is 2. The fourth-order valence-electron chi connectivity index (χ4n) is 2.98. The quantitative estimate of drug-likeness (QED) is 0.854. The van der Waals surface area contributed by atoms with Crippen molar-refractivity contribution in [3.63, 3.8) is 0 Å². The summed E-state index contributed by atoms with van der Waals surface area (Å²) in [6.07, 6.45) is 3.26. The van der Waals surface area contributed by atoms with Gasteiger partial charge < -0.3 is 16.0 Å². The van der Waals surface area contributed by atoms with E-state index in [2.05, 4.69) is 21.4 Å². The van der Waals surface area contributed by atoms with Gasteiger partial charge in [0.2, 0.25) is 11.8 Å². The zero-order valence-electron chi connectivity index (χ0n) is 13.6. The summed E-state index contributed by atoms with van der Waals surface area (Å²) in [5, 5.41) is 4.23. The van der Waals surface area contributed by atoms with Crippen LogP contribution in [0.5, 0.6) is 0 Å². The lowest BCUT2D eigenvalue weighted by Crippen LogP contribution is -2.42. The summed E-state index contributed by atoms with van der Waals surface area (Å²) < 4.78 is 0. The van der Waals surface area contributed by atoms with E-state index >= 15 is 0 Å². The van der Waals surface area contributed by atoms with Gasteiger partial charge in [-0.3, -0.25) is 9.59 Å². The highest BCUT2D eigenvalue weighted by Crippen LogP contribution is 2.27. The maximum atomic E-state index is 12.3. The van der Waals surface area contributed by atoms with E-state index in [4.69, 9.17) is 5.73 Å². The number of hydrogen-bond acceptors (Lipinski definition) is 6. The number of anilines is 1. The lowest BCUT2D eigenvalue weighted by Gasteiger charge is -2.30. The minimum Gasteiger partial charge on any atom is -0.369 e. The first-order valence-corrected chi connectivity index (χ1v) is 8.88. The van der Waals surface area contributed by atoms with Gasteiger partial charge in [-0.1, -0.05) is 0 Å². The summed E-state index contributed by atoms with van der Waals surface area (Å²) in [6, 6.07) is 2.05. The zero-order chi connectivity index (χ0) is 17.1. The first-order chi connectivity index (χ1) is 11.5. The van der Waals surface area contributed by atoms with Crippen molar-refractivity contribution in [3.05, 3.63) is 17.3 Å². The number of hydrogen-bond donors (Lipinski definition) is 2. The topological polar surface area (TPSA) is 101 Å². The van der Waals surface area contributed by atoms with E-state index in [-0.39, 0.29) is 17.7 Å². The van der Waals surface area contributed by atoms with Gasteiger partial charge in [-0.15, -0.1) is 11.3 Å². The molecular formula is C16H21N5O2S. The number of primary amides is 1. The Morgan fingerprint density at radius 1 is 1.38 bits per heavy atom. The molecule has 1 saturated heterocycles. The number of fused-ring (bicyclic) bond motifs is 1. The number of nitrogens with two attached hydrogens (primary N) is 1. The molecule has 0 spiro atoms. The number of amides is 2. The Bertz CT molecular complexity index is 752. The fraction of sp³-hybridized carbons (Fsp3) is 0.500. The van der Waals surface area contributed by atoms with Gasteiger partial charge in [-0.05, 0) is 25.8 Å². The monoisotopic (exact) mass is 347 g/mol. The second kappa shape index (κ2) is 7.12. The van der Waals surface area contributed by atoms with E-state index in [1.807, 2.05) is 11.8 Å². The molecule has 0 radical (unpaired) electrons. The van der Waals surface area contributed by atoms with Gasteiger partial charge in [-0.2, -0.15) is 0 Å².